The van der Waals surface area contributed by atoms with Crippen molar-refractivity contribution in [2.75, 3.05) is 31.2 Å². The van der Waals surface area contributed by atoms with E-state index in [0.29, 0.717) is 16.9 Å². The van der Waals surface area contributed by atoms with Gasteiger partial charge < -0.3 is 10.1 Å². The van der Waals surface area contributed by atoms with E-state index in [9.17, 15) is 13.2 Å². The molecular weight excluding hydrogens is 358 g/mol. The minimum atomic E-state index is -3.74. The summed E-state index contributed by atoms with van der Waals surface area (Å²) in [5, 5.41) is 2.61. The standard InChI is InChI=1S/C16H21N5O4S/c1-10-13(12-6-7-17-14(8-12)19-11(2)22)9-18-16(25-5)15(10)20-26(23,24)21(3)4/h6-9,20H,1-5H3,(H,17,19,22). The van der Waals surface area contributed by atoms with Gasteiger partial charge in [-0.05, 0) is 30.2 Å². The molecule has 1 amide bonds. The Balaban J connectivity index is 2.55. The summed E-state index contributed by atoms with van der Waals surface area (Å²) >= 11 is 0. The Morgan fingerprint density at radius 2 is 1.96 bits per heavy atom. The third-order valence-electron chi connectivity index (χ3n) is 3.58. The summed E-state index contributed by atoms with van der Waals surface area (Å²) in [6.45, 7) is 3.15. The zero-order valence-corrected chi connectivity index (χ0v) is 16.0. The molecule has 0 aromatic carbocycles. The van der Waals surface area contributed by atoms with Crippen molar-refractivity contribution in [3.8, 4) is 17.0 Å². The molecule has 0 spiro atoms. The van der Waals surface area contributed by atoms with Crippen LogP contribution < -0.4 is 14.8 Å². The van der Waals surface area contributed by atoms with Crippen LogP contribution in [0.4, 0.5) is 11.5 Å². The third kappa shape index (κ3) is 4.27. The summed E-state index contributed by atoms with van der Waals surface area (Å²) in [6, 6.07) is 3.42. The lowest BCUT2D eigenvalue weighted by molar-refractivity contribution is -0.114. The Kier molecular flexibility index (Phi) is 5.78. The van der Waals surface area contributed by atoms with E-state index in [1.165, 1.54) is 28.1 Å². The smallest absolute Gasteiger partial charge is 0.301 e. The molecule has 0 aliphatic heterocycles. The van der Waals surface area contributed by atoms with E-state index in [4.69, 9.17) is 4.74 Å². The van der Waals surface area contributed by atoms with Crippen molar-refractivity contribution in [1.82, 2.24) is 14.3 Å². The topological polar surface area (TPSA) is 114 Å². The first-order chi connectivity index (χ1) is 12.2. The van der Waals surface area contributed by atoms with E-state index in [1.807, 2.05) is 0 Å². The van der Waals surface area contributed by atoms with Crippen LogP contribution in [0.5, 0.6) is 5.88 Å². The SMILES string of the molecule is COc1ncc(-c2ccnc(NC(C)=O)c2)c(C)c1NS(=O)(=O)N(C)C. The van der Waals surface area contributed by atoms with Crippen molar-refractivity contribution >= 4 is 27.6 Å². The van der Waals surface area contributed by atoms with Crippen molar-refractivity contribution < 1.29 is 17.9 Å². The minimum absolute atomic E-state index is 0.160. The van der Waals surface area contributed by atoms with Gasteiger partial charge in [-0.2, -0.15) is 12.7 Å². The number of carbonyl (C=O) groups excluding carboxylic acids is 1. The van der Waals surface area contributed by atoms with Gasteiger partial charge in [0.1, 0.15) is 11.5 Å². The van der Waals surface area contributed by atoms with E-state index in [0.717, 1.165) is 9.87 Å². The van der Waals surface area contributed by atoms with Gasteiger partial charge in [-0.15, -0.1) is 0 Å². The summed E-state index contributed by atoms with van der Waals surface area (Å²) in [5.74, 6) is 0.312. The summed E-state index contributed by atoms with van der Waals surface area (Å²) in [4.78, 5) is 19.5. The fraction of sp³-hybridized carbons (Fsp3) is 0.312. The Labute approximate surface area is 152 Å². The molecule has 140 valence electrons. The van der Waals surface area contributed by atoms with Crippen molar-refractivity contribution in [2.24, 2.45) is 0 Å². The molecule has 0 fully saturated rings. The summed E-state index contributed by atoms with van der Waals surface area (Å²) in [6.07, 6.45) is 3.13. The second kappa shape index (κ2) is 7.67. The quantitative estimate of drug-likeness (QED) is 0.789. The first-order valence-electron chi connectivity index (χ1n) is 7.63. The molecule has 0 aliphatic carbocycles. The number of amides is 1. The second-order valence-corrected chi connectivity index (χ2v) is 7.57. The van der Waals surface area contributed by atoms with Crippen molar-refractivity contribution in [3.63, 3.8) is 0 Å². The molecule has 0 atom stereocenters. The first-order valence-corrected chi connectivity index (χ1v) is 9.07. The van der Waals surface area contributed by atoms with Crippen LogP contribution in [0, 0.1) is 6.92 Å². The number of pyridine rings is 2. The Hall–Kier alpha value is -2.72. The maximum absolute atomic E-state index is 12.2. The summed E-state index contributed by atoms with van der Waals surface area (Å²) in [5.41, 5.74) is 2.27. The Bertz CT molecular complexity index is 928. The van der Waals surface area contributed by atoms with E-state index in [-0.39, 0.29) is 17.5 Å². The van der Waals surface area contributed by atoms with Gasteiger partial charge in [0.05, 0.1) is 7.11 Å². The molecule has 2 heterocycles. The van der Waals surface area contributed by atoms with Gasteiger partial charge in [-0.1, -0.05) is 0 Å². The van der Waals surface area contributed by atoms with E-state index < -0.39 is 10.2 Å². The molecule has 0 unspecified atom stereocenters. The number of anilines is 2. The molecule has 0 aliphatic rings. The number of ether oxygens (including phenoxy) is 1. The van der Waals surface area contributed by atoms with Gasteiger partial charge in [0, 0.05) is 39.0 Å². The van der Waals surface area contributed by atoms with Gasteiger partial charge in [-0.3, -0.25) is 9.52 Å². The van der Waals surface area contributed by atoms with Crippen molar-refractivity contribution in [2.45, 2.75) is 13.8 Å². The number of nitrogens with one attached hydrogen (secondary N) is 2. The molecule has 10 heteroatoms. The molecule has 2 rings (SSSR count). The molecule has 0 bridgehead atoms. The largest absolute Gasteiger partial charge is 0.479 e. The number of methoxy groups -OCH3 is 1. The van der Waals surface area contributed by atoms with Crippen LogP contribution in [-0.4, -0.2) is 49.8 Å². The third-order valence-corrected chi connectivity index (χ3v) is 5.01. The van der Waals surface area contributed by atoms with Crippen LogP contribution in [0.3, 0.4) is 0 Å². The van der Waals surface area contributed by atoms with Crippen molar-refractivity contribution in [3.05, 3.63) is 30.1 Å². The molecule has 9 nitrogen and oxygen atoms in total. The zero-order chi connectivity index (χ0) is 19.5. The zero-order valence-electron chi connectivity index (χ0n) is 15.2. The highest BCUT2D eigenvalue weighted by Gasteiger charge is 2.21. The Morgan fingerprint density at radius 1 is 1.27 bits per heavy atom. The Morgan fingerprint density at radius 3 is 2.54 bits per heavy atom. The fourth-order valence-corrected chi connectivity index (χ4v) is 2.89. The lowest BCUT2D eigenvalue weighted by atomic mass is 10.0. The van der Waals surface area contributed by atoms with Gasteiger partial charge in [0.25, 0.3) is 0 Å². The normalized spacial score (nSPS) is 11.3. The predicted molar refractivity (Wildman–Crippen MR) is 99.3 cm³/mol. The molecule has 26 heavy (non-hydrogen) atoms. The fourth-order valence-electron chi connectivity index (χ4n) is 2.21. The lowest BCUT2D eigenvalue weighted by Gasteiger charge is -2.18. The molecule has 0 saturated carbocycles. The number of hydrogen-bond donors (Lipinski definition) is 2. The van der Waals surface area contributed by atoms with Gasteiger partial charge >= 0.3 is 10.2 Å². The van der Waals surface area contributed by atoms with Gasteiger partial charge in [-0.25, -0.2) is 9.97 Å². The van der Waals surface area contributed by atoms with Crippen LogP contribution in [0.15, 0.2) is 24.5 Å². The van der Waals surface area contributed by atoms with Crippen molar-refractivity contribution in [1.29, 1.82) is 0 Å². The number of nitrogens with zero attached hydrogens (tertiary/aromatic N) is 3. The maximum atomic E-state index is 12.2. The summed E-state index contributed by atoms with van der Waals surface area (Å²) < 4.78 is 33.2. The molecule has 2 aromatic heterocycles. The first kappa shape index (κ1) is 19.6. The number of carbonyl (C=O) groups is 1. The van der Waals surface area contributed by atoms with Crippen LogP contribution >= 0.6 is 0 Å². The van der Waals surface area contributed by atoms with Crippen LogP contribution in [0.25, 0.3) is 11.1 Å². The highest BCUT2D eigenvalue weighted by molar-refractivity contribution is 7.90. The monoisotopic (exact) mass is 379 g/mol. The molecule has 2 aromatic rings. The van der Waals surface area contributed by atoms with E-state index in [2.05, 4.69) is 20.0 Å². The number of rotatable bonds is 6. The van der Waals surface area contributed by atoms with Gasteiger partial charge in [0.2, 0.25) is 11.8 Å². The van der Waals surface area contributed by atoms with Gasteiger partial charge in [0.15, 0.2) is 0 Å². The van der Waals surface area contributed by atoms with Crippen LogP contribution in [0.1, 0.15) is 12.5 Å². The molecule has 2 N–H and O–H groups in total. The molecule has 0 saturated heterocycles. The maximum Gasteiger partial charge on any atom is 0.301 e. The molecular formula is C16H21N5O4S. The number of aromatic nitrogens is 2. The highest BCUT2D eigenvalue weighted by Crippen LogP contribution is 2.34. The summed E-state index contributed by atoms with van der Waals surface area (Å²) in [7, 11) is 0.519. The average Bonchev–Trinajstić information content (AvgIpc) is 2.56. The van der Waals surface area contributed by atoms with E-state index >= 15 is 0 Å². The predicted octanol–water partition coefficient (Wildman–Crippen LogP) is 1.64. The lowest BCUT2D eigenvalue weighted by Crippen LogP contribution is -2.29. The van der Waals surface area contributed by atoms with E-state index in [1.54, 1.807) is 31.5 Å². The highest BCUT2D eigenvalue weighted by atomic mass is 32.2. The number of hydrogen-bond acceptors (Lipinski definition) is 6. The molecule has 0 radical (unpaired) electrons. The second-order valence-electron chi connectivity index (χ2n) is 5.68. The minimum Gasteiger partial charge on any atom is -0.479 e. The van der Waals surface area contributed by atoms with Crippen LogP contribution in [-0.2, 0) is 15.0 Å². The van der Waals surface area contributed by atoms with Crippen LogP contribution in [0.2, 0.25) is 0 Å². The average molecular weight is 379 g/mol.